The predicted molar refractivity (Wildman–Crippen MR) is 171 cm³/mol. The van der Waals surface area contributed by atoms with Crippen LogP contribution in [-0.4, -0.2) is 69.2 Å². The molecule has 0 aliphatic carbocycles. The molecule has 248 valence electrons. The molecule has 3 unspecified atom stereocenters. The fourth-order valence-electron chi connectivity index (χ4n) is 4.90. The minimum atomic E-state index is -1.26. The first-order chi connectivity index (χ1) is 21.7. The maximum Gasteiger partial charge on any atom is 0.323 e. The summed E-state index contributed by atoms with van der Waals surface area (Å²) in [7, 11) is 0. The molecule has 14 heteroatoms. The van der Waals surface area contributed by atoms with Gasteiger partial charge in [0.25, 0.3) is 5.91 Å². The third kappa shape index (κ3) is 11.3. The molecule has 0 spiro atoms. The Morgan fingerprint density at radius 2 is 1.78 bits per heavy atom. The Morgan fingerprint density at radius 3 is 2.46 bits per heavy atom. The first kappa shape index (κ1) is 35.8. The lowest BCUT2D eigenvalue weighted by Gasteiger charge is -2.30. The second-order valence-electron chi connectivity index (χ2n) is 11.8. The summed E-state index contributed by atoms with van der Waals surface area (Å²) >= 11 is 0. The van der Waals surface area contributed by atoms with E-state index >= 15 is 0 Å². The molecule has 3 rings (SSSR count). The molecule has 0 bridgehead atoms. The van der Waals surface area contributed by atoms with Crippen molar-refractivity contribution < 1.29 is 28.6 Å². The van der Waals surface area contributed by atoms with Crippen molar-refractivity contribution in [3.63, 3.8) is 0 Å². The molecule has 0 saturated heterocycles. The lowest BCUT2D eigenvalue weighted by atomic mass is 9.87. The number of aliphatic hydroxyl groups excluding tert-OH is 1. The Labute approximate surface area is 267 Å². The van der Waals surface area contributed by atoms with Gasteiger partial charge in [-0.2, -0.15) is 0 Å². The van der Waals surface area contributed by atoms with E-state index in [0.717, 1.165) is 0 Å². The van der Waals surface area contributed by atoms with E-state index in [2.05, 4.69) is 20.3 Å². The van der Waals surface area contributed by atoms with Crippen LogP contribution < -0.4 is 28.3 Å². The number of aromatic nitrogens is 2. The minimum Gasteiger partial charge on any atom is -0.459 e. The number of fused-ring (bicyclic) bond motifs is 1. The quantitative estimate of drug-likeness (QED) is 0.0538. The van der Waals surface area contributed by atoms with Gasteiger partial charge in [-0.1, -0.05) is 24.3 Å². The van der Waals surface area contributed by atoms with Gasteiger partial charge in [-0.05, 0) is 82.2 Å². The van der Waals surface area contributed by atoms with Gasteiger partial charge in [-0.15, -0.1) is 0 Å². The number of ether oxygens (including phenoxy) is 1. The number of guanidine groups is 1. The molecule has 0 fully saturated rings. The van der Waals surface area contributed by atoms with Crippen molar-refractivity contribution in [2.45, 2.75) is 76.2 Å². The van der Waals surface area contributed by atoms with E-state index < -0.39 is 53.3 Å². The van der Waals surface area contributed by atoms with Crippen LogP contribution in [0.5, 0.6) is 0 Å². The van der Waals surface area contributed by atoms with Gasteiger partial charge in [-0.3, -0.25) is 24.4 Å². The molecular weight excluding hydrogens is 595 g/mol. The van der Waals surface area contributed by atoms with Crippen molar-refractivity contribution in [1.82, 2.24) is 15.3 Å². The fraction of sp³-hybridized carbons (Fsp3) is 0.438. The highest BCUT2D eigenvalue weighted by atomic mass is 19.1. The Bertz CT molecular complexity index is 1530. The Balaban J connectivity index is 1.68. The van der Waals surface area contributed by atoms with Gasteiger partial charge in [0, 0.05) is 12.5 Å². The standard InChI is InChI=1S/C32H43FN8O5/c1-32(2,46-30(45)22(34)9-6-14-38-31(36)37)13-12-20(28(35)43)17-27(42)25(16-19-7-5-8-21(33)15-19)41-29(44)26-18-39-23-10-3-4-11-24(23)40-26/h3-5,7-8,10-11,15,18,20,22,25,27,42H,6,9,12-14,16-17,34H2,1-2H3,(H2,35,43)(H,41,44)(H4,36,37,38)/t20?,22-,25?,27?/m0/s1. The van der Waals surface area contributed by atoms with Crippen molar-refractivity contribution in [3.05, 3.63) is 71.8 Å². The normalized spacial score (nSPS) is 14.1. The number of esters is 1. The Hall–Kier alpha value is -4.69. The first-order valence-corrected chi connectivity index (χ1v) is 15.0. The van der Waals surface area contributed by atoms with E-state index in [1.54, 1.807) is 44.2 Å². The molecule has 0 aliphatic rings. The van der Waals surface area contributed by atoms with Gasteiger partial charge in [0.05, 0.1) is 29.4 Å². The third-order valence-electron chi connectivity index (χ3n) is 7.48. The predicted octanol–water partition coefficient (Wildman–Crippen LogP) is 1.45. The van der Waals surface area contributed by atoms with Crippen molar-refractivity contribution in [3.8, 4) is 0 Å². The van der Waals surface area contributed by atoms with Gasteiger partial charge in [0.2, 0.25) is 5.91 Å². The molecule has 2 amide bonds. The monoisotopic (exact) mass is 638 g/mol. The average molecular weight is 639 g/mol. The number of para-hydroxylation sites is 2. The smallest absolute Gasteiger partial charge is 0.323 e. The van der Waals surface area contributed by atoms with Crippen LogP contribution in [0.4, 0.5) is 4.39 Å². The summed E-state index contributed by atoms with van der Waals surface area (Å²) in [6.07, 6.45) is 1.20. The number of benzene rings is 2. The summed E-state index contributed by atoms with van der Waals surface area (Å²) in [4.78, 5) is 50.8. The number of halogens is 1. The number of carbonyl (C=O) groups excluding carboxylic acids is 3. The van der Waals surface area contributed by atoms with Crippen molar-refractivity contribution in [2.75, 3.05) is 6.54 Å². The maximum absolute atomic E-state index is 14.0. The number of nitrogens with zero attached hydrogens (tertiary/aromatic N) is 3. The Kier molecular flexibility index (Phi) is 12.9. The molecule has 3 aromatic rings. The van der Waals surface area contributed by atoms with Crippen LogP contribution in [0.25, 0.3) is 11.0 Å². The van der Waals surface area contributed by atoms with Crippen molar-refractivity contribution in [1.29, 1.82) is 0 Å². The summed E-state index contributed by atoms with van der Waals surface area (Å²) in [6, 6.07) is 11.0. The van der Waals surface area contributed by atoms with Gasteiger partial charge >= 0.3 is 5.97 Å². The van der Waals surface area contributed by atoms with E-state index in [1.165, 1.54) is 24.4 Å². The van der Waals surface area contributed by atoms with Crippen LogP contribution in [0, 0.1) is 11.7 Å². The number of nitrogens with two attached hydrogens (primary N) is 4. The second kappa shape index (κ2) is 16.6. The van der Waals surface area contributed by atoms with Crippen LogP contribution in [-0.2, 0) is 20.7 Å². The van der Waals surface area contributed by atoms with E-state index in [9.17, 15) is 23.9 Å². The molecule has 13 nitrogen and oxygen atoms in total. The Morgan fingerprint density at radius 1 is 1.07 bits per heavy atom. The van der Waals surface area contributed by atoms with Gasteiger partial charge < -0.3 is 38.1 Å². The molecule has 10 N–H and O–H groups in total. The lowest BCUT2D eigenvalue weighted by Crippen LogP contribution is -2.47. The number of primary amides is 1. The van der Waals surface area contributed by atoms with E-state index in [1.807, 2.05) is 0 Å². The van der Waals surface area contributed by atoms with Crippen LogP contribution in [0.3, 0.4) is 0 Å². The number of carbonyl (C=O) groups is 3. The zero-order chi connectivity index (χ0) is 33.9. The summed E-state index contributed by atoms with van der Waals surface area (Å²) in [5.74, 6) is -3.24. The average Bonchev–Trinajstić information content (AvgIpc) is 3.00. The molecule has 2 aromatic carbocycles. The molecule has 0 saturated carbocycles. The lowest BCUT2D eigenvalue weighted by molar-refractivity contribution is -0.159. The molecule has 0 aliphatic heterocycles. The molecule has 0 radical (unpaired) electrons. The molecule has 46 heavy (non-hydrogen) atoms. The minimum absolute atomic E-state index is 0.0274. The summed E-state index contributed by atoms with van der Waals surface area (Å²) in [5, 5.41) is 14.1. The van der Waals surface area contributed by atoms with E-state index in [-0.39, 0.29) is 37.3 Å². The molecule has 1 aromatic heterocycles. The first-order valence-electron chi connectivity index (χ1n) is 15.0. The molecular formula is C32H43FN8O5. The number of aliphatic hydroxyl groups is 1. The summed E-state index contributed by atoms with van der Waals surface area (Å²) in [6.45, 7) is 3.69. The van der Waals surface area contributed by atoms with Crippen LogP contribution in [0.2, 0.25) is 0 Å². The van der Waals surface area contributed by atoms with Gasteiger partial charge in [-0.25, -0.2) is 9.37 Å². The van der Waals surface area contributed by atoms with Gasteiger partial charge in [0.1, 0.15) is 23.2 Å². The highest BCUT2D eigenvalue weighted by Crippen LogP contribution is 2.25. The van der Waals surface area contributed by atoms with Crippen molar-refractivity contribution >= 4 is 34.8 Å². The number of amides is 2. The maximum atomic E-state index is 14.0. The zero-order valence-corrected chi connectivity index (χ0v) is 26.1. The van der Waals surface area contributed by atoms with Crippen LogP contribution >= 0.6 is 0 Å². The zero-order valence-electron chi connectivity index (χ0n) is 26.1. The summed E-state index contributed by atoms with van der Waals surface area (Å²) < 4.78 is 19.6. The largest absolute Gasteiger partial charge is 0.459 e. The second-order valence-corrected chi connectivity index (χ2v) is 11.8. The summed E-state index contributed by atoms with van der Waals surface area (Å²) in [5.41, 5.74) is 22.9. The van der Waals surface area contributed by atoms with Crippen LogP contribution in [0.15, 0.2) is 59.7 Å². The third-order valence-corrected chi connectivity index (χ3v) is 7.48. The highest BCUT2D eigenvalue weighted by Gasteiger charge is 2.32. The number of rotatable bonds is 17. The molecule has 4 atom stereocenters. The number of hydrogen-bond donors (Lipinski definition) is 6. The molecule has 1 heterocycles. The topological polar surface area (TPSA) is 235 Å². The SMILES string of the molecule is CC(C)(CCC(CC(O)C(Cc1cccc(F)c1)NC(=O)c1cnc2ccccc2n1)C(N)=O)OC(=O)[C@@H](N)CCCN=C(N)N. The highest BCUT2D eigenvalue weighted by molar-refractivity contribution is 5.94. The van der Waals surface area contributed by atoms with Crippen molar-refractivity contribution in [2.24, 2.45) is 33.8 Å². The number of hydrogen-bond acceptors (Lipinski definition) is 9. The fourth-order valence-corrected chi connectivity index (χ4v) is 4.90. The van der Waals surface area contributed by atoms with Crippen LogP contribution in [0.1, 0.15) is 62.0 Å². The van der Waals surface area contributed by atoms with Gasteiger partial charge in [0.15, 0.2) is 5.96 Å². The number of aliphatic imine (C=N–C) groups is 1. The van der Waals surface area contributed by atoms with E-state index in [0.29, 0.717) is 36.0 Å². The van der Waals surface area contributed by atoms with E-state index in [4.69, 9.17) is 27.7 Å². The number of nitrogens with one attached hydrogen (secondary N) is 1.